The molecule has 6 heteroatoms. The molecule has 3 aromatic rings. The molecule has 0 aromatic carbocycles. The smallest absolute Gasteiger partial charge is 0.111 e. The number of hydrogen-bond donors (Lipinski definition) is 3. The van der Waals surface area contributed by atoms with Crippen LogP contribution in [0.5, 0.6) is 0 Å². The number of H-pyrrole nitrogens is 2. The second-order valence-electron chi connectivity index (χ2n) is 6.09. The summed E-state index contributed by atoms with van der Waals surface area (Å²) < 4.78 is 0. The van der Waals surface area contributed by atoms with Crippen molar-refractivity contribution in [3.8, 4) is 11.4 Å². The Morgan fingerprint density at radius 1 is 1.22 bits per heavy atom. The summed E-state index contributed by atoms with van der Waals surface area (Å²) in [6, 6.07) is 8.40. The molecule has 118 valence electrons. The highest BCUT2D eigenvalue weighted by Gasteiger charge is 2.22. The predicted molar refractivity (Wildman–Crippen MR) is 87.8 cm³/mol. The first-order valence-corrected chi connectivity index (χ1v) is 8.01. The van der Waals surface area contributed by atoms with E-state index in [-0.39, 0.29) is 0 Å². The van der Waals surface area contributed by atoms with Crippen LogP contribution >= 0.6 is 0 Å². The van der Waals surface area contributed by atoms with E-state index in [4.69, 9.17) is 0 Å². The molecule has 0 saturated heterocycles. The Morgan fingerprint density at radius 2 is 2.17 bits per heavy atom. The SMILES string of the molecule is Cc1[nH]nc2c1CC(NCc1cc(-c3ccccn3)n[nH]1)CC2. The summed E-state index contributed by atoms with van der Waals surface area (Å²) in [4.78, 5) is 4.33. The molecule has 0 fully saturated rings. The van der Waals surface area contributed by atoms with Gasteiger partial charge in [0.1, 0.15) is 5.69 Å². The average molecular weight is 308 g/mol. The lowest BCUT2D eigenvalue weighted by Crippen LogP contribution is -2.34. The van der Waals surface area contributed by atoms with Crippen molar-refractivity contribution < 1.29 is 0 Å². The molecular weight excluding hydrogens is 288 g/mol. The van der Waals surface area contributed by atoms with Crippen LogP contribution in [0.2, 0.25) is 0 Å². The number of fused-ring (bicyclic) bond motifs is 1. The van der Waals surface area contributed by atoms with Crippen molar-refractivity contribution in [3.63, 3.8) is 0 Å². The first-order valence-electron chi connectivity index (χ1n) is 8.01. The quantitative estimate of drug-likeness (QED) is 0.690. The Balaban J connectivity index is 1.39. The van der Waals surface area contributed by atoms with Gasteiger partial charge in [-0.1, -0.05) is 6.07 Å². The van der Waals surface area contributed by atoms with Crippen LogP contribution in [0.1, 0.15) is 29.1 Å². The number of hydrogen-bond acceptors (Lipinski definition) is 4. The predicted octanol–water partition coefficient (Wildman–Crippen LogP) is 2.15. The monoisotopic (exact) mass is 308 g/mol. The van der Waals surface area contributed by atoms with Crippen LogP contribution in [0.3, 0.4) is 0 Å². The first kappa shape index (κ1) is 14.1. The van der Waals surface area contributed by atoms with Crippen molar-refractivity contribution in [2.45, 2.75) is 38.8 Å². The molecule has 3 N–H and O–H groups in total. The van der Waals surface area contributed by atoms with Crippen LogP contribution in [0.15, 0.2) is 30.5 Å². The van der Waals surface area contributed by atoms with Crippen molar-refractivity contribution in [2.75, 3.05) is 0 Å². The Labute approximate surface area is 134 Å². The van der Waals surface area contributed by atoms with E-state index in [1.165, 1.54) is 17.0 Å². The molecule has 0 saturated carbocycles. The summed E-state index contributed by atoms with van der Waals surface area (Å²) in [7, 11) is 0. The van der Waals surface area contributed by atoms with Gasteiger partial charge in [-0.3, -0.25) is 15.2 Å². The van der Waals surface area contributed by atoms with Gasteiger partial charge in [0.15, 0.2) is 0 Å². The minimum atomic E-state index is 0.486. The third kappa shape index (κ3) is 2.90. The number of aryl methyl sites for hydroxylation is 2. The number of nitrogens with zero attached hydrogens (tertiary/aromatic N) is 3. The van der Waals surface area contributed by atoms with Crippen molar-refractivity contribution in [1.82, 2.24) is 30.7 Å². The van der Waals surface area contributed by atoms with Gasteiger partial charge in [-0.2, -0.15) is 10.2 Å². The lowest BCUT2D eigenvalue weighted by atomic mass is 9.92. The second-order valence-corrected chi connectivity index (χ2v) is 6.09. The van der Waals surface area contributed by atoms with Crippen molar-refractivity contribution in [2.24, 2.45) is 0 Å². The van der Waals surface area contributed by atoms with Crippen LogP contribution in [0.4, 0.5) is 0 Å². The molecule has 0 amide bonds. The summed E-state index contributed by atoms with van der Waals surface area (Å²) in [6.45, 7) is 2.89. The molecule has 6 nitrogen and oxygen atoms in total. The normalized spacial score (nSPS) is 17.2. The lowest BCUT2D eigenvalue weighted by molar-refractivity contribution is 0.452. The summed E-state index contributed by atoms with van der Waals surface area (Å²) in [5.74, 6) is 0. The zero-order valence-electron chi connectivity index (χ0n) is 13.1. The zero-order valence-corrected chi connectivity index (χ0v) is 13.1. The Bertz CT molecular complexity index is 789. The van der Waals surface area contributed by atoms with E-state index in [2.05, 4.69) is 43.7 Å². The van der Waals surface area contributed by atoms with Gasteiger partial charge < -0.3 is 5.32 Å². The molecule has 0 aliphatic heterocycles. The maximum absolute atomic E-state index is 4.37. The van der Waals surface area contributed by atoms with Crippen LogP contribution in [0, 0.1) is 6.92 Å². The molecule has 0 radical (unpaired) electrons. The van der Waals surface area contributed by atoms with E-state index in [0.717, 1.165) is 42.9 Å². The van der Waals surface area contributed by atoms with Gasteiger partial charge in [-0.25, -0.2) is 0 Å². The number of aromatic nitrogens is 5. The van der Waals surface area contributed by atoms with E-state index >= 15 is 0 Å². The molecule has 3 heterocycles. The fourth-order valence-corrected chi connectivity index (χ4v) is 3.17. The van der Waals surface area contributed by atoms with Gasteiger partial charge in [0, 0.05) is 30.2 Å². The molecule has 23 heavy (non-hydrogen) atoms. The summed E-state index contributed by atoms with van der Waals surface area (Å²) in [5, 5.41) is 18.5. The molecule has 1 atom stereocenters. The highest BCUT2D eigenvalue weighted by atomic mass is 15.1. The van der Waals surface area contributed by atoms with Gasteiger partial charge >= 0.3 is 0 Å². The molecule has 0 spiro atoms. The maximum atomic E-state index is 4.37. The minimum absolute atomic E-state index is 0.486. The Morgan fingerprint density at radius 3 is 3.04 bits per heavy atom. The van der Waals surface area contributed by atoms with Gasteiger partial charge in [0.2, 0.25) is 0 Å². The second kappa shape index (κ2) is 5.96. The number of pyridine rings is 1. The third-order valence-corrected chi connectivity index (χ3v) is 4.48. The molecule has 0 bridgehead atoms. The topological polar surface area (TPSA) is 82.3 Å². The van der Waals surface area contributed by atoms with E-state index in [0.29, 0.717) is 6.04 Å². The maximum Gasteiger partial charge on any atom is 0.111 e. The summed E-state index contributed by atoms with van der Waals surface area (Å²) >= 11 is 0. The minimum Gasteiger partial charge on any atom is -0.308 e. The van der Waals surface area contributed by atoms with Gasteiger partial charge in [0.25, 0.3) is 0 Å². The fraction of sp³-hybridized carbons (Fsp3) is 0.353. The van der Waals surface area contributed by atoms with Gasteiger partial charge in [-0.15, -0.1) is 0 Å². The average Bonchev–Trinajstić information content (AvgIpc) is 3.21. The highest BCUT2D eigenvalue weighted by molar-refractivity contribution is 5.53. The molecule has 4 rings (SSSR count). The van der Waals surface area contributed by atoms with E-state index < -0.39 is 0 Å². The Hall–Kier alpha value is -2.47. The Kier molecular flexibility index (Phi) is 3.67. The van der Waals surface area contributed by atoms with Gasteiger partial charge in [-0.05, 0) is 49.9 Å². The van der Waals surface area contributed by atoms with Gasteiger partial charge in [0.05, 0.1) is 11.4 Å². The molecule has 3 aromatic heterocycles. The third-order valence-electron chi connectivity index (χ3n) is 4.48. The molecular formula is C17H20N6. The van der Waals surface area contributed by atoms with E-state index in [9.17, 15) is 0 Å². The summed E-state index contributed by atoms with van der Waals surface area (Å²) in [5.41, 5.74) is 6.68. The van der Waals surface area contributed by atoms with Crippen LogP contribution in [0.25, 0.3) is 11.4 Å². The largest absolute Gasteiger partial charge is 0.308 e. The number of nitrogens with one attached hydrogen (secondary N) is 3. The first-order chi connectivity index (χ1) is 11.3. The van der Waals surface area contributed by atoms with Crippen molar-refractivity contribution in [3.05, 3.63) is 53.1 Å². The van der Waals surface area contributed by atoms with Crippen LogP contribution < -0.4 is 5.32 Å². The molecule has 1 unspecified atom stereocenters. The molecule has 1 aliphatic carbocycles. The van der Waals surface area contributed by atoms with Crippen LogP contribution in [-0.2, 0) is 19.4 Å². The number of rotatable bonds is 4. The summed E-state index contributed by atoms with van der Waals surface area (Å²) in [6.07, 6.45) is 4.99. The number of aromatic amines is 2. The molecule has 1 aliphatic rings. The van der Waals surface area contributed by atoms with Crippen LogP contribution in [-0.4, -0.2) is 31.4 Å². The standard InChI is InChI=1S/C17H20N6/c1-11-14-8-12(5-6-15(14)22-20-11)19-10-13-9-17(23-21-13)16-4-2-3-7-18-16/h2-4,7,9,12,19H,5-6,8,10H2,1H3,(H,20,22)(H,21,23). The zero-order chi connectivity index (χ0) is 15.6. The van der Waals surface area contributed by atoms with E-state index in [1.807, 2.05) is 18.2 Å². The lowest BCUT2D eigenvalue weighted by Gasteiger charge is -2.22. The fourth-order valence-electron chi connectivity index (χ4n) is 3.17. The van der Waals surface area contributed by atoms with Crippen molar-refractivity contribution in [1.29, 1.82) is 0 Å². The van der Waals surface area contributed by atoms with E-state index in [1.54, 1.807) is 6.20 Å². The van der Waals surface area contributed by atoms with Crippen molar-refractivity contribution >= 4 is 0 Å². The highest BCUT2D eigenvalue weighted by Crippen LogP contribution is 2.22.